The van der Waals surface area contributed by atoms with E-state index >= 15 is 0 Å². The summed E-state index contributed by atoms with van der Waals surface area (Å²) in [4.78, 5) is 9.99. The largest absolute Gasteiger partial charge is 0.433 e. The van der Waals surface area contributed by atoms with Gasteiger partial charge in [0.05, 0.1) is 0 Å². The number of piperidine rings is 1. The maximum absolute atomic E-state index is 13.6. The molecule has 1 aromatic carbocycles. The topological polar surface area (TPSA) is 62.3 Å². The highest BCUT2D eigenvalue weighted by molar-refractivity contribution is 7.80. The van der Waals surface area contributed by atoms with E-state index in [4.69, 9.17) is 28.6 Å². The zero-order chi connectivity index (χ0) is 25.1. The maximum Gasteiger partial charge on any atom is 0.433 e. The molecule has 11 heteroatoms. The highest BCUT2D eigenvalue weighted by Crippen LogP contribution is 2.36. The minimum Gasteiger partial charge on any atom is -0.381 e. The van der Waals surface area contributed by atoms with Gasteiger partial charge in [-0.05, 0) is 68.9 Å². The third kappa shape index (κ3) is 6.34. The lowest BCUT2D eigenvalue weighted by Gasteiger charge is -2.38. The molecule has 2 fully saturated rings. The molecule has 0 aliphatic carbocycles. The van der Waals surface area contributed by atoms with Gasteiger partial charge in [-0.1, -0.05) is 23.7 Å². The van der Waals surface area contributed by atoms with E-state index in [0.717, 1.165) is 43.7 Å². The number of anilines is 2. The average molecular weight is 528 g/mol. The lowest BCUT2D eigenvalue weighted by atomic mass is 9.74. The number of rotatable bonds is 5. The first-order valence-electron chi connectivity index (χ1n) is 11.8. The van der Waals surface area contributed by atoms with Crippen LogP contribution in [-0.4, -0.2) is 47.4 Å². The van der Waals surface area contributed by atoms with Gasteiger partial charge >= 0.3 is 6.18 Å². The number of benzene rings is 1. The van der Waals surface area contributed by atoms with E-state index in [0.29, 0.717) is 31.3 Å². The van der Waals surface area contributed by atoms with Gasteiger partial charge in [0.1, 0.15) is 5.82 Å². The fourth-order valence-electron chi connectivity index (χ4n) is 4.76. The summed E-state index contributed by atoms with van der Waals surface area (Å²) in [6.07, 6.45) is -0.203. The van der Waals surface area contributed by atoms with Crippen LogP contribution in [0.15, 0.2) is 30.3 Å². The van der Waals surface area contributed by atoms with Gasteiger partial charge in [-0.2, -0.15) is 18.2 Å². The third-order valence-electron chi connectivity index (χ3n) is 6.80. The molecule has 2 aromatic rings. The zero-order valence-electron chi connectivity index (χ0n) is 19.5. The van der Waals surface area contributed by atoms with Crippen LogP contribution in [0.4, 0.5) is 24.9 Å². The van der Waals surface area contributed by atoms with Crippen LogP contribution in [0.1, 0.15) is 50.3 Å². The molecule has 190 valence electrons. The van der Waals surface area contributed by atoms with Crippen molar-refractivity contribution >= 4 is 40.7 Å². The lowest BCUT2D eigenvalue weighted by molar-refractivity contribution is -0.141. The van der Waals surface area contributed by atoms with Gasteiger partial charge in [-0.3, -0.25) is 0 Å². The van der Waals surface area contributed by atoms with Crippen molar-refractivity contribution in [3.8, 4) is 0 Å². The molecule has 2 N–H and O–H groups in total. The van der Waals surface area contributed by atoms with E-state index in [1.54, 1.807) is 0 Å². The summed E-state index contributed by atoms with van der Waals surface area (Å²) >= 11 is 11.7. The van der Waals surface area contributed by atoms with Crippen molar-refractivity contribution < 1.29 is 17.9 Å². The van der Waals surface area contributed by atoms with Crippen LogP contribution >= 0.6 is 23.8 Å². The molecular weight excluding hydrogens is 499 g/mol. The summed E-state index contributed by atoms with van der Waals surface area (Å²) in [5, 5.41) is 6.76. The first-order chi connectivity index (χ1) is 16.7. The van der Waals surface area contributed by atoms with Gasteiger partial charge in [0.15, 0.2) is 10.8 Å². The SMILES string of the molecule is C[C@@H]1CCCCN1c1cc(C(F)(F)F)nc(NC(=S)NCC2(c3cccc(Cl)c3)CCOCC2)n1. The van der Waals surface area contributed by atoms with Gasteiger partial charge in [0.25, 0.3) is 0 Å². The monoisotopic (exact) mass is 527 g/mol. The first-order valence-corrected chi connectivity index (χ1v) is 12.6. The summed E-state index contributed by atoms with van der Waals surface area (Å²) < 4.78 is 46.4. The molecule has 2 aliphatic heterocycles. The Balaban J connectivity index is 1.52. The number of thiocarbonyl (C=S) groups is 1. The van der Waals surface area contributed by atoms with Crippen LogP contribution in [0.2, 0.25) is 5.02 Å². The normalized spacial score (nSPS) is 20.4. The molecule has 0 saturated carbocycles. The molecule has 0 radical (unpaired) electrons. The fraction of sp³-hybridized carbons (Fsp3) is 0.542. The summed E-state index contributed by atoms with van der Waals surface area (Å²) in [5.41, 5.74) is -0.191. The van der Waals surface area contributed by atoms with Crippen LogP contribution in [0.3, 0.4) is 0 Å². The Labute approximate surface area is 213 Å². The number of ether oxygens (including phenoxy) is 1. The highest BCUT2D eigenvalue weighted by Gasteiger charge is 2.36. The number of nitrogens with one attached hydrogen (secondary N) is 2. The summed E-state index contributed by atoms with van der Waals surface area (Å²) in [5.74, 6) is 0.0820. The van der Waals surface area contributed by atoms with Gasteiger partial charge in [-0.25, -0.2) is 4.98 Å². The third-order valence-corrected chi connectivity index (χ3v) is 7.28. The predicted molar refractivity (Wildman–Crippen MR) is 135 cm³/mol. The van der Waals surface area contributed by atoms with E-state index < -0.39 is 11.9 Å². The molecule has 0 bridgehead atoms. The molecule has 6 nitrogen and oxygen atoms in total. The Morgan fingerprint density at radius 3 is 2.69 bits per heavy atom. The molecule has 2 saturated heterocycles. The van der Waals surface area contributed by atoms with Crippen molar-refractivity contribution in [1.82, 2.24) is 15.3 Å². The number of hydrogen-bond acceptors (Lipinski definition) is 5. The Morgan fingerprint density at radius 2 is 2.00 bits per heavy atom. The molecule has 0 unspecified atom stereocenters. The van der Waals surface area contributed by atoms with Crippen molar-refractivity contribution in [3.63, 3.8) is 0 Å². The number of hydrogen-bond donors (Lipinski definition) is 2. The molecule has 2 aliphatic rings. The van der Waals surface area contributed by atoms with Crippen molar-refractivity contribution in [2.45, 2.75) is 56.7 Å². The Morgan fingerprint density at radius 1 is 1.23 bits per heavy atom. The summed E-state index contributed by atoms with van der Waals surface area (Å²) in [6, 6.07) is 8.81. The van der Waals surface area contributed by atoms with Crippen LogP contribution in [0.5, 0.6) is 0 Å². The molecule has 0 spiro atoms. The van der Waals surface area contributed by atoms with Crippen molar-refractivity contribution in [1.29, 1.82) is 0 Å². The van der Waals surface area contributed by atoms with E-state index in [9.17, 15) is 13.2 Å². The second kappa shape index (κ2) is 10.8. The van der Waals surface area contributed by atoms with Crippen molar-refractivity contribution in [2.75, 3.05) is 36.5 Å². The van der Waals surface area contributed by atoms with Crippen LogP contribution in [0, 0.1) is 0 Å². The smallest absolute Gasteiger partial charge is 0.381 e. The minimum absolute atomic E-state index is 0.101. The van der Waals surface area contributed by atoms with E-state index in [1.165, 1.54) is 0 Å². The second-order valence-corrected chi connectivity index (χ2v) is 10.0. The predicted octanol–water partition coefficient (Wildman–Crippen LogP) is 5.56. The van der Waals surface area contributed by atoms with Gasteiger partial charge < -0.3 is 20.3 Å². The molecule has 35 heavy (non-hydrogen) atoms. The number of nitrogens with zero attached hydrogens (tertiary/aromatic N) is 3. The molecule has 1 atom stereocenters. The Bertz CT molecular complexity index is 1050. The number of halogens is 4. The van der Waals surface area contributed by atoms with Gasteiger partial charge in [0.2, 0.25) is 5.95 Å². The quantitative estimate of drug-likeness (QED) is 0.493. The number of aromatic nitrogens is 2. The summed E-state index contributed by atoms with van der Waals surface area (Å²) in [6.45, 7) is 4.32. The maximum atomic E-state index is 13.6. The number of alkyl halides is 3. The van der Waals surface area contributed by atoms with E-state index in [-0.39, 0.29) is 28.3 Å². The van der Waals surface area contributed by atoms with Crippen LogP contribution in [-0.2, 0) is 16.3 Å². The van der Waals surface area contributed by atoms with Gasteiger partial charge in [-0.15, -0.1) is 0 Å². The molecule has 1 aromatic heterocycles. The molecule has 4 rings (SSSR count). The molecule has 0 amide bonds. The zero-order valence-corrected chi connectivity index (χ0v) is 21.1. The average Bonchev–Trinajstić information content (AvgIpc) is 2.83. The van der Waals surface area contributed by atoms with Gasteiger partial charge in [0, 0.05) is 48.8 Å². The van der Waals surface area contributed by atoms with Crippen molar-refractivity contribution in [2.24, 2.45) is 0 Å². The first kappa shape index (κ1) is 25.9. The highest BCUT2D eigenvalue weighted by atomic mass is 35.5. The summed E-state index contributed by atoms with van der Waals surface area (Å²) in [7, 11) is 0. The van der Waals surface area contributed by atoms with E-state index in [1.807, 2.05) is 36.1 Å². The van der Waals surface area contributed by atoms with E-state index in [2.05, 4.69) is 20.6 Å². The Hall–Kier alpha value is -2.17. The van der Waals surface area contributed by atoms with Crippen LogP contribution in [0.25, 0.3) is 0 Å². The lowest BCUT2D eigenvalue weighted by Crippen LogP contribution is -2.45. The molecular formula is C24H29ClF3N5OS. The van der Waals surface area contributed by atoms with Crippen LogP contribution < -0.4 is 15.5 Å². The van der Waals surface area contributed by atoms with Crippen molar-refractivity contribution in [3.05, 3.63) is 46.6 Å². The fourth-order valence-corrected chi connectivity index (χ4v) is 5.12. The standard InChI is InChI=1S/C24H29ClF3N5OS/c1-16-5-2-3-10-33(16)20-14-19(24(26,27)28)30-21(31-20)32-22(35)29-15-23(8-11-34-12-9-23)17-6-4-7-18(25)13-17/h4,6-7,13-14,16H,2-3,5,8-12,15H2,1H3,(H2,29,30,31,32,35)/t16-/m1/s1. The Kier molecular flexibility index (Phi) is 8.02. The molecule has 3 heterocycles. The second-order valence-electron chi connectivity index (χ2n) is 9.18. The minimum atomic E-state index is -4.60.